The Balaban J connectivity index is 2.85. The van der Waals surface area contributed by atoms with Gasteiger partial charge in [-0.1, -0.05) is 6.92 Å². The van der Waals surface area contributed by atoms with Crippen molar-refractivity contribution in [3.05, 3.63) is 22.3 Å². The summed E-state index contributed by atoms with van der Waals surface area (Å²) in [6.07, 6.45) is 1.08. The molecule has 0 saturated heterocycles. The van der Waals surface area contributed by atoms with Crippen LogP contribution in [0.4, 0.5) is 0 Å². The van der Waals surface area contributed by atoms with Crippen LogP contribution in [0.1, 0.15) is 53.9 Å². The SMILES string of the molecule is CCCNC(=O)C(C)(O)CCC1=C(C)C(=O)C(C)=C(C)C1=O. The summed E-state index contributed by atoms with van der Waals surface area (Å²) in [4.78, 5) is 36.3. The molecule has 122 valence electrons. The first kappa shape index (κ1) is 18.3. The van der Waals surface area contributed by atoms with Gasteiger partial charge in [0.25, 0.3) is 5.91 Å². The molecule has 1 aliphatic rings. The summed E-state index contributed by atoms with van der Waals surface area (Å²) in [7, 11) is 0. The summed E-state index contributed by atoms with van der Waals surface area (Å²) in [5, 5.41) is 12.9. The van der Waals surface area contributed by atoms with Crippen LogP contribution in [0.15, 0.2) is 22.3 Å². The Morgan fingerprint density at radius 2 is 1.64 bits per heavy atom. The molecule has 2 N–H and O–H groups in total. The van der Waals surface area contributed by atoms with E-state index in [1.807, 2.05) is 6.92 Å². The molecule has 0 aromatic rings. The van der Waals surface area contributed by atoms with Gasteiger partial charge in [-0.05, 0) is 47.0 Å². The molecule has 0 fully saturated rings. The molecule has 5 heteroatoms. The third-order valence-electron chi connectivity index (χ3n) is 4.20. The average molecular weight is 307 g/mol. The Labute approximate surface area is 131 Å². The van der Waals surface area contributed by atoms with Crippen molar-refractivity contribution in [2.75, 3.05) is 6.54 Å². The zero-order chi connectivity index (χ0) is 17.1. The van der Waals surface area contributed by atoms with Crippen molar-refractivity contribution in [3.63, 3.8) is 0 Å². The summed E-state index contributed by atoms with van der Waals surface area (Å²) < 4.78 is 0. The van der Waals surface area contributed by atoms with Crippen LogP contribution in [-0.4, -0.2) is 34.7 Å². The second-order valence-electron chi connectivity index (χ2n) is 6.04. The summed E-state index contributed by atoms with van der Waals surface area (Å²) in [5.74, 6) is -0.757. The predicted octanol–water partition coefficient (Wildman–Crippen LogP) is 1.85. The van der Waals surface area contributed by atoms with Gasteiger partial charge in [0.15, 0.2) is 11.6 Å². The van der Waals surface area contributed by atoms with Gasteiger partial charge in [0.05, 0.1) is 0 Å². The number of nitrogens with one attached hydrogen (secondary N) is 1. The largest absolute Gasteiger partial charge is 0.380 e. The van der Waals surface area contributed by atoms with Crippen molar-refractivity contribution in [1.29, 1.82) is 0 Å². The number of hydrogen-bond acceptors (Lipinski definition) is 4. The van der Waals surface area contributed by atoms with Crippen LogP contribution in [0, 0.1) is 0 Å². The molecule has 0 spiro atoms. The molecule has 0 aliphatic heterocycles. The van der Waals surface area contributed by atoms with Gasteiger partial charge < -0.3 is 10.4 Å². The number of carbonyl (C=O) groups excluding carboxylic acids is 3. The first-order valence-corrected chi connectivity index (χ1v) is 7.60. The molecule has 0 heterocycles. The number of rotatable bonds is 6. The van der Waals surface area contributed by atoms with E-state index in [2.05, 4.69) is 5.32 Å². The van der Waals surface area contributed by atoms with Gasteiger partial charge in [-0.3, -0.25) is 14.4 Å². The van der Waals surface area contributed by atoms with Crippen LogP contribution in [0.2, 0.25) is 0 Å². The fourth-order valence-corrected chi connectivity index (χ4v) is 2.37. The molecule has 5 nitrogen and oxygen atoms in total. The highest BCUT2D eigenvalue weighted by Gasteiger charge is 2.33. The number of aliphatic hydroxyl groups is 1. The number of hydrogen-bond donors (Lipinski definition) is 2. The number of Topliss-reactive ketones (excluding diaryl/α,β-unsaturated/α-hetero) is 2. The fraction of sp³-hybridized carbons (Fsp3) is 0.588. The number of amides is 1. The minimum atomic E-state index is -1.56. The standard InChI is InChI=1S/C17H25NO4/c1-6-9-18-16(21)17(5,22)8-7-13-12(4)14(19)10(2)11(3)15(13)20/h22H,6-9H2,1-5H3,(H,18,21). The van der Waals surface area contributed by atoms with E-state index < -0.39 is 11.5 Å². The van der Waals surface area contributed by atoms with E-state index >= 15 is 0 Å². The summed E-state index contributed by atoms with van der Waals surface area (Å²) in [6, 6.07) is 0. The highest BCUT2D eigenvalue weighted by Crippen LogP contribution is 2.28. The van der Waals surface area contributed by atoms with E-state index in [0.717, 1.165) is 6.42 Å². The lowest BCUT2D eigenvalue weighted by molar-refractivity contribution is -0.138. The lowest BCUT2D eigenvalue weighted by Crippen LogP contribution is -2.44. The highest BCUT2D eigenvalue weighted by atomic mass is 16.3. The lowest BCUT2D eigenvalue weighted by Gasteiger charge is -2.24. The van der Waals surface area contributed by atoms with Crippen LogP contribution in [0.3, 0.4) is 0 Å². The first-order valence-electron chi connectivity index (χ1n) is 7.60. The third-order valence-corrected chi connectivity index (χ3v) is 4.20. The van der Waals surface area contributed by atoms with Crippen molar-refractivity contribution in [1.82, 2.24) is 5.32 Å². The van der Waals surface area contributed by atoms with E-state index in [4.69, 9.17) is 0 Å². The smallest absolute Gasteiger partial charge is 0.251 e. The van der Waals surface area contributed by atoms with Gasteiger partial charge in [-0.15, -0.1) is 0 Å². The minimum Gasteiger partial charge on any atom is -0.380 e. The second-order valence-corrected chi connectivity index (χ2v) is 6.04. The predicted molar refractivity (Wildman–Crippen MR) is 84.2 cm³/mol. The molecule has 1 unspecified atom stereocenters. The molecule has 1 amide bonds. The van der Waals surface area contributed by atoms with Gasteiger partial charge in [-0.25, -0.2) is 0 Å². The molecule has 1 atom stereocenters. The van der Waals surface area contributed by atoms with Crippen LogP contribution >= 0.6 is 0 Å². The highest BCUT2D eigenvalue weighted by molar-refractivity contribution is 6.24. The summed E-state index contributed by atoms with van der Waals surface area (Å²) in [6.45, 7) is 8.74. The number of allylic oxidation sites excluding steroid dienone is 4. The van der Waals surface area contributed by atoms with Crippen molar-refractivity contribution in [2.24, 2.45) is 0 Å². The molecule has 22 heavy (non-hydrogen) atoms. The minimum absolute atomic E-state index is 0.0978. The molecular formula is C17H25NO4. The second kappa shape index (κ2) is 7.01. The van der Waals surface area contributed by atoms with Gasteiger partial charge in [0, 0.05) is 28.8 Å². The number of carbonyl (C=O) groups is 3. The Bertz CT molecular complexity index is 567. The molecule has 0 radical (unpaired) electrons. The van der Waals surface area contributed by atoms with E-state index in [9.17, 15) is 19.5 Å². The van der Waals surface area contributed by atoms with Crippen LogP contribution < -0.4 is 5.32 Å². The Kier molecular flexibility index (Phi) is 5.83. The Morgan fingerprint density at radius 3 is 2.18 bits per heavy atom. The fourth-order valence-electron chi connectivity index (χ4n) is 2.37. The van der Waals surface area contributed by atoms with Crippen LogP contribution in [-0.2, 0) is 14.4 Å². The van der Waals surface area contributed by atoms with E-state index in [-0.39, 0.29) is 24.4 Å². The van der Waals surface area contributed by atoms with Gasteiger partial charge in [0.1, 0.15) is 5.60 Å². The monoisotopic (exact) mass is 307 g/mol. The molecule has 0 aromatic heterocycles. The maximum absolute atomic E-state index is 12.3. The van der Waals surface area contributed by atoms with Crippen LogP contribution in [0.5, 0.6) is 0 Å². The number of ketones is 2. The Hall–Kier alpha value is -1.75. The average Bonchev–Trinajstić information content (AvgIpc) is 2.48. The van der Waals surface area contributed by atoms with E-state index in [1.54, 1.807) is 20.8 Å². The zero-order valence-electron chi connectivity index (χ0n) is 14.0. The lowest BCUT2D eigenvalue weighted by atomic mass is 9.82. The molecule has 1 rings (SSSR count). The summed E-state index contributed by atoms with van der Waals surface area (Å²) >= 11 is 0. The topological polar surface area (TPSA) is 83.5 Å². The maximum Gasteiger partial charge on any atom is 0.251 e. The van der Waals surface area contributed by atoms with Gasteiger partial charge in [0.2, 0.25) is 0 Å². The normalized spacial score (nSPS) is 18.6. The van der Waals surface area contributed by atoms with Crippen molar-refractivity contribution in [2.45, 2.75) is 59.5 Å². The summed E-state index contributed by atoms with van der Waals surface area (Å²) in [5.41, 5.74) is 0.171. The van der Waals surface area contributed by atoms with Gasteiger partial charge >= 0.3 is 0 Å². The van der Waals surface area contributed by atoms with Crippen molar-refractivity contribution in [3.8, 4) is 0 Å². The van der Waals surface area contributed by atoms with Crippen molar-refractivity contribution < 1.29 is 19.5 Å². The molecule has 0 saturated carbocycles. The maximum atomic E-state index is 12.3. The third kappa shape index (κ3) is 3.71. The van der Waals surface area contributed by atoms with E-state index in [0.29, 0.717) is 28.8 Å². The molecular weight excluding hydrogens is 282 g/mol. The molecule has 1 aliphatic carbocycles. The quantitative estimate of drug-likeness (QED) is 0.734. The molecule has 0 bridgehead atoms. The van der Waals surface area contributed by atoms with Gasteiger partial charge in [-0.2, -0.15) is 0 Å². The Morgan fingerprint density at radius 1 is 1.09 bits per heavy atom. The first-order chi connectivity index (χ1) is 10.1. The van der Waals surface area contributed by atoms with Crippen molar-refractivity contribution >= 4 is 17.5 Å². The zero-order valence-corrected chi connectivity index (χ0v) is 14.0. The van der Waals surface area contributed by atoms with E-state index in [1.165, 1.54) is 6.92 Å². The van der Waals surface area contributed by atoms with Crippen LogP contribution in [0.25, 0.3) is 0 Å². The molecule has 0 aromatic carbocycles.